The van der Waals surface area contributed by atoms with Crippen molar-refractivity contribution in [3.8, 4) is 5.75 Å². The van der Waals surface area contributed by atoms with E-state index >= 15 is 0 Å². The first-order valence-electron chi connectivity index (χ1n) is 10.0. The van der Waals surface area contributed by atoms with Gasteiger partial charge in [-0.2, -0.15) is 0 Å². The van der Waals surface area contributed by atoms with E-state index in [1.54, 1.807) is 36.2 Å². The number of ether oxygens (including phenoxy) is 1. The molecule has 0 bridgehead atoms. The average molecular weight is 396 g/mol. The van der Waals surface area contributed by atoms with Gasteiger partial charge in [0.05, 0.1) is 12.1 Å². The molecule has 1 saturated carbocycles. The van der Waals surface area contributed by atoms with Crippen LogP contribution in [0.15, 0.2) is 48.5 Å². The molecule has 6 heteroatoms. The molecule has 0 radical (unpaired) electrons. The number of halogens is 1. The Balaban J connectivity index is 1.40. The highest BCUT2D eigenvalue weighted by Gasteiger charge is 2.43. The molecule has 152 valence electrons. The predicted octanol–water partition coefficient (Wildman–Crippen LogP) is 3.54. The van der Waals surface area contributed by atoms with Crippen molar-refractivity contribution in [2.24, 2.45) is 5.92 Å². The van der Waals surface area contributed by atoms with Crippen LogP contribution in [0.5, 0.6) is 5.75 Å². The molecule has 0 atom stereocenters. The lowest BCUT2D eigenvalue weighted by molar-refractivity contribution is -0.127. The number of carbonyl (C=O) groups excluding carboxylic acids is 2. The van der Waals surface area contributed by atoms with Crippen LogP contribution >= 0.6 is 0 Å². The molecule has 2 aromatic rings. The molecule has 1 aliphatic heterocycles. The summed E-state index contributed by atoms with van der Waals surface area (Å²) in [7, 11) is 1.79. The monoisotopic (exact) mass is 396 g/mol. The Morgan fingerprint density at radius 1 is 1.17 bits per heavy atom. The first kappa shape index (κ1) is 19.4. The minimum Gasteiger partial charge on any atom is -0.485 e. The van der Waals surface area contributed by atoms with E-state index in [-0.39, 0.29) is 30.1 Å². The molecule has 0 saturated heterocycles. The van der Waals surface area contributed by atoms with Gasteiger partial charge in [-0.15, -0.1) is 0 Å². The lowest BCUT2D eigenvalue weighted by Crippen LogP contribution is -2.49. The van der Waals surface area contributed by atoms with Gasteiger partial charge in [0.25, 0.3) is 5.91 Å². The van der Waals surface area contributed by atoms with Crippen molar-refractivity contribution in [3.63, 3.8) is 0 Å². The summed E-state index contributed by atoms with van der Waals surface area (Å²) in [5.41, 5.74) is 0.591. The summed E-state index contributed by atoms with van der Waals surface area (Å²) in [6.07, 6.45) is 2.73. The summed E-state index contributed by atoms with van der Waals surface area (Å²) in [5.74, 6) is 0.0808. The number of hydrogen-bond donors (Lipinski definition) is 1. The van der Waals surface area contributed by atoms with E-state index in [0.717, 1.165) is 0 Å². The maximum Gasteiger partial charge on any atom is 0.257 e. The highest BCUT2D eigenvalue weighted by Crippen LogP contribution is 2.39. The number of amides is 2. The Morgan fingerprint density at radius 2 is 1.86 bits per heavy atom. The molecular formula is C23H25FN2O3. The van der Waals surface area contributed by atoms with Crippen LogP contribution in [0.25, 0.3) is 0 Å². The molecule has 29 heavy (non-hydrogen) atoms. The van der Waals surface area contributed by atoms with Crippen LogP contribution in [0.1, 0.15) is 41.6 Å². The number of nitrogens with one attached hydrogen (secondary N) is 1. The molecule has 0 aromatic heterocycles. The van der Waals surface area contributed by atoms with Gasteiger partial charge in [0, 0.05) is 25.1 Å². The van der Waals surface area contributed by atoms with Gasteiger partial charge >= 0.3 is 0 Å². The second-order valence-corrected chi connectivity index (χ2v) is 8.03. The Bertz CT molecular complexity index is 922. The second-order valence-electron chi connectivity index (χ2n) is 8.03. The fourth-order valence-electron chi connectivity index (χ4n) is 4.34. The van der Waals surface area contributed by atoms with Crippen molar-refractivity contribution in [1.82, 2.24) is 10.2 Å². The van der Waals surface area contributed by atoms with E-state index in [4.69, 9.17) is 4.74 Å². The standard InChI is InChI=1S/C23H25FN2O3/c1-26-15-23(29-20-9-5-3-7-18(20)22(26)28)12-10-16(11-13-23)21(27)25-14-17-6-2-4-8-19(17)24/h2-9,16H,10-15H2,1H3,(H,25,27). The highest BCUT2D eigenvalue weighted by molar-refractivity contribution is 5.97. The number of likely N-dealkylation sites (N-methyl/N-ethyl adjacent to an activating group) is 1. The third-order valence-electron chi connectivity index (χ3n) is 5.99. The van der Waals surface area contributed by atoms with Crippen LogP contribution in [0.4, 0.5) is 4.39 Å². The van der Waals surface area contributed by atoms with E-state index in [9.17, 15) is 14.0 Å². The van der Waals surface area contributed by atoms with Crippen molar-refractivity contribution >= 4 is 11.8 Å². The van der Waals surface area contributed by atoms with Crippen LogP contribution in [-0.4, -0.2) is 35.9 Å². The molecule has 1 fully saturated rings. The number of hydrogen-bond acceptors (Lipinski definition) is 3. The summed E-state index contributed by atoms with van der Waals surface area (Å²) >= 11 is 0. The number of fused-ring (bicyclic) bond motifs is 1. The fraction of sp³-hybridized carbons (Fsp3) is 0.391. The maximum absolute atomic E-state index is 13.7. The average Bonchev–Trinajstić information content (AvgIpc) is 2.82. The molecule has 1 spiro atoms. The molecule has 1 N–H and O–H groups in total. The van der Waals surface area contributed by atoms with Crippen molar-refractivity contribution in [2.45, 2.75) is 37.8 Å². The molecular weight excluding hydrogens is 371 g/mol. The maximum atomic E-state index is 13.7. The van der Waals surface area contributed by atoms with E-state index in [1.165, 1.54) is 6.07 Å². The third-order valence-corrected chi connectivity index (χ3v) is 5.99. The Hall–Kier alpha value is -2.89. The van der Waals surface area contributed by atoms with Gasteiger partial charge in [-0.25, -0.2) is 4.39 Å². The minimum absolute atomic E-state index is 0.0396. The normalized spacial score (nSPS) is 23.9. The largest absolute Gasteiger partial charge is 0.485 e. The van der Waals surface area contributed by atoms with Crippen molar-refractivity contribution < 1.29 is 18.7 Å². The Labute approximate surface area is 169 Å². The van der Waals surface area contributed by atoms with Gasteiger partial charge in [-0.1, -0.05) is 30.3 Å². The second kappa shape index (κ2) is 7.85. The Kier molecular flexibility index (Phi) is 5.26. The number of nitrogens with zero attached hydrogens (tertiary/aromatic N) is 1. The molecule has 1 heterocycles. The lowest BCUT2D eigenvalue weighted by atomic mass is 9.78. The highest BCUT2D eigenvalue weighted by atomic mass is 19.1. The van der Waals surface area contributed by atoms with Gasteiger partial charge in [0.2, 0.25) is 5.91 Å². The smallest absolute Gasteiger partial charge is 0.257 e. The molecule has 4 rings (SSSR count). The third kappa shape index (κ3) is 3.97. The molecule has 2 amide bonds. The summed E-state index contributed by atoms with van der Waals surface area (Å²) in [6.45, 7) is 0.693. The van der Waals surface area contributed by atoms with Crippen molar-refractivity contribution in [1.29, 1.82) is 0 Å². The van der Waals surface area contributed by atoms with Gasteiger partial charge in [0.15, 0.2) is 0 Å². The first-order valence-corrected chi connectivity index (χ1v) is 10.0. The number of para-hydroxylation sites is 1. The molecule has 0 unspecified atom stereocenters. The molecule has 2 aromatic carbocycles. The zero-order chi connectivity index (χ0) is 20.4. The zero-order valence-corrected chi connectivity index (χ0v) is 16.5. The Morgan fingerprint density at radius 3 is 2.62 bits per heavy atom. The van der Waals surface area contributed by atoms with Gasteiger partial charge < -0.3 is 15.0 Å². The number of carbonyl (C=O) groups is 2. The quantitative estimate of drug-likeness (QED) is 0.863. The van der Waals surface area contributed by atoms with Crippen LogP contribution in [0.3, 0.4) is 0 Å². The van der Waals surface area contributed by atoms with Crippen LogP contribution in [0, 0.1) is 11.7 Å². The van der Waals surface area contributed by atoms with Crippen LogP contribution in [-0.2, 0) is 11.3 Å². The molecule has 2 aliphatic rings. The number of benzene rings is 2. The van der Waals surface area contributed by atoms with Gasteiger partial charge in [-0.05, 0) is 43.9 Å². The van der Waals surface area contributed by atoms with Crippen LogP contribution in [0.2, 0.25) is 0 Å². The molecule has 1 aliphatic carbocycles. The number of rotatable bonds is 3. The van der Waals surface area contributed by atoms with E-state index in [0.29, 0.717) is 49.1 Å². The van der Waals surface area contributed by atoms with Crippen LogP contribution < -0.4 is 10.1 Å². The van der Waals surface area contributed by atoms with E-state index in [1.807, 2.05) is 18.2 Å². The lowest BCUT2D eigenvalue weighted by Gasteiger charge is -2.40. The van der Waals surface area contributed by atoms with E-state index in [2.05, 4.69) is 5.32 Å². The van der Waals surface area contributed by atoms with Gasteiger partial charge in [-0.3, -0.25) is 9.59 Å². The minimum atomic E-state index is -0.473. The summed E-state index contributed by atoms with van der Waals surface area (Å²) in [4.78, 5) is 26.9. The summed E-state index contributed by atoms with van der Waals surface area (Å²) in [6, 6.07) is 13.8. The first-order chi connectivity index (χ1) is 14.0. The topological polar surface area (TPSA) is 58.6 Å². The van der Waals surface area contributed by atoms with Crippen molar-refractivity contribution in [3.05, 3.63) is 65.5 Å². The zero-order valence-electron chi connectivity index (χ0n) is 16.5. The van der Waals surface area contributed by atoms with E-state index < -0.39 is 5.60 Å². The van der Waals surface area contributed by atoms with Gasteiger partial charge in [0.1, 0.15) is 17.2 Å². The fourth-order valence-corrected chi connectivity index (χ4v) is 4.34. The summed E-state index contributed by atoms with van der Waals surface area (Å²) < 4.78 is 20.1. The predicted molar refractivity (Wildman–Crippen MR) is 107 cm³/mol. The molecule has 5 nitrogen and oxygen atoms in total. The SMILES string of the molecule is CN1CC2(CCC(C(=O)NCc3ccccc3F)CC2)Oc2ccccc2C1=O. The summed E-state index contributed by atoms with van der Waals surface area (Å²) in [5, 5.41) is 2.86. The van der Waals surface area contributed by atoms with Crippen molar-refractivity contribution in [2.75, 3.05) is 13.6 Å².